The van der Waals surface area contributed by atoms with Crippen molar-refractivity contribution in [1.82, 2.24) is 14.9 Å². The van der Waals surface area contributed by atoms with Gasteiger partial charge in [0.15, 0.2) is 0 Å². The molecule has 2 atom stereocenters. The van der Waals surface area contributed by atoms with Gasteiger partial charge in [0.05, 0.1) is 17.5 Å². The number of carbonyl (C=O) groups excluding carboxylic acids is 1. The zero-order valence-corrected chi connectivity index (χ0v) is 26.2. The smallest absolute Gasteiger partial charge is 0.243 e. The molecule has 9 heteroatoms. The van der Waals surface area contributed by atoms with Crippen LogP contribution in [0.25, 0.3) is 10.8 Å². The van der Waals surface area contributed by atoms with Crippen LogP contribution in [0.5, 0.6) is 0 Å². The van der Waals surface area contributed by atoms with Gasteiger partial charge in [0.25, 0.3) is 0 Å². The Labute approximate surface area is 251 Å². The standard InChI is InChI=1S/C33H48N4O4S/c1-24(2)21-36-32(20-26-12-13-27-9-5-6-10-28(27)19-26)33(39)35-18-8-7-11-30(23-38)37(22-25(3)4)42(40,41)31-16-14-29(34)15-17-31/h5-6,9-10,12-17,19,24-25,30,32,36,38H,7-8,11,18,20-23,34H2,1-4H3,(H,35,39). The first-order chi connectivity index (χ1) is 20.0. The number of anilines is 1. The number of fused-ring (bicyclic) bond motifs is 1. The highest BCUT2D eigenvalue weighted by molar-refractivity contribution is 7.89. The third kappa shape index (κ3) is 9.80. The molecule has 8 nitrogen and oxygen atoms in total. The summed E-state index contributed by atoms with van der Waals surface area (Å²) in [6.07, 6.45) is 2.40. The van der Waals surface area contributed by atoms with Crippen LogP contribution in [0.3, 0.4) is 0 Å². The first-order valence-corrected chi connectivity index (χ1v) is 16.4. The predicted octanol–water partition coefficient (Wildman–Crippen LogP) is 4.57. The number of hydrogen-bond acceptors (Lipinski definition) is 6. The minimum atomic E-state index is -3.81. The van der Waals surface area contributed by atoms with E-state index >= 15 is 0 Å². The number of aliphatic hydroxyl groups excluding tert-OH is 1. The molecular formula is C33H48N4O4S. The topological polar surface area (TPSA) is 125 Å². The number of benzene rings is 3. The van der Waals surface area contributed by atoms with Gasteiger partial charge in [0.1, 0.15) is 0 Å². The molecule has 0 fully saturated rings. The first-order valence-electron chi connectivity index (χ1n) is 15.0. The van der Waals surface area contributed by atoms with Gasteiger partial charge in [-0.3, -0.25) is 4.79 Å². The van der Waals surface area contributed by atoms with Crippen molar-refractivity contribution in [1.29, 1.82) is 0 Å². The fourth-order valence-electron chi connectivity index (χ4n) is 4.98. The molecule has 3 aromatic rings. The van der Waals surface area contributed by atoms with Crippen molar-refractivity contribution < 1.29 is 18.3 Å². The molecule has 3 rings (SSSR count). The molecule has 42 heavy (non-hydrogen) atoms. The summed E-state index contributed by atoms with van der Waals surface area (Å²) in [6, 6.07) is 19.7. The molecule has 0 aliphatic heterocycles. The molecule has 0 saturated carbocycles. The number of sulfonamides is 1. The molecule has 0 spiro atoms. The van der Waals surface area contributed by atoms with E-state index in [0.717, 1.165) is 17.5 Å². The molecule has 2 unspecified atom stereocenters. The summed E-state index contributed by atoms with van der Waals surface area (Å²) in [7, 11) is -3.81. The SMILES string of the molecule is CC(C)CNC(Cc1ccc2ccccc2c1)C(=O)NCCCCC(CO)N(CC(C)C)S(=O)(=O)c1ccc(N)cc1. The number of nitrogens with zero attached hydrogens (tertiary/aromatic N) is 1. The minimum Gasteiger partial charge on any atom is -0.399 e. The van der Waals surface area contributed by atoms with Crippen LogP contribution in [0.4, 0.5) is 5.69 Å². The van der Waals surface area contributed by atoms with Gasteiger partial charge in [-0.2, -0.15) is 4.31 Å². The van der Waals surface area contributed by atoms with Crippen LogP contribution in [0.1, 0.15) is 52.5 Å². The summed E-state index contributed by atoms with van der Waals surface area (Å²) in [5, 5.41) is 19.0. The zero-order valence-electron chi connectivity index (χ0n) is 25.4. The quantitative estimate of drug-likeness (QED) is 0.134. The Morgan fingerprint density at radius 2 is 1.62 bits per heavy atom. The van der Waals surface area contributed by atoms with Crippen molar-refractivity contribution in [3.63, 3.8) is 0 Å². The largest absolute Gasteiger partial charge is 0.399 e. The lowest BCUT2D eigenvalue weighted by atomic mass is 10.0. The predicted molar refractivity (Wildman–Crippen MR) is 172 cm³/mol. The van der Waals surface area contributed by atoms with E-state index in [1.807, 2.05) is 26.0 Å². The summed E-state index contributed by atoms with van der Waals surface area (Å²) in [5.74, 6) is 0.445. The summed E-state index contributed by atoms with van der Waals surface area (Å²) in [4.78, 5) is 13.4. The fourth-order valence-corrected chi connectivity index (χ4v) is 6.79. The molecule has 230 valence electrons. The number of nitrogen functional groups attached to an aromatic ring is 1. The van der Waals surface area contributed by atoms with Gasteiger partial charge in [-0.25, -0.2) is 8.42 Å². The highest BCUT2D eigenvalue weighted by Gasteiger charge is 2.31. The Bertz CT molecular complexity index is 1380. The Morgan fingerprint density at radius 1 is 0.929 bits per heavy atom. The lowest BCUT2D eigenvalue weighted by Crippen LogP contribution is -2.47. The number of aliphatic hydroxyl groups is 1. The number of nitrogens with two attached hydrogens (primary N) is 1. The lowest BCUT2D eigenvalue weighted by molar-refractivity contribution is -0.123. The molecule has 5 N–H and O–H groups in total. The van der Waals surface area contributed by atoms with E-state index in [1.165, 1.54) is 21.8 Å². The normalized spacial score (nSPS) is 13.6. The van der Waals surface area contributed by atoms with Gasteiger partial charge in [-0.1, -0.05) is 76.6 Å². The number of nitrogens with one attached hydrogen (secondary N) is 2. The van der Waals surface area contributed by atoms with Crippen LogP contribution in [0.15, 0.2) is 71.6 Å². The van der Waals surface area contributed by atoms with Gasteiger partial charge in [-0.15, -0.1) is 0 Å². The van der Waals surface area contributed by atoms with Crippen molar-refractivity contribution >= 4 is 32.4 Å². The third-order valence-corrected chi connectivity index (χ3v) is 9.19. The first kappa shape index (κ1) is 33.5. The van der Waals surface area contributed by atoms with Gasteiger partial charge >= 0.3 is 0 Å². The van der Waals surface area contributed by atoms with Crippen LogP contribution >= 0.6 is 0 Å². The van der Waals surface area contributed by atoms with Crippen LogP contribution < -0.4 is 16.4 Å². The molecule has 0 saturated heterocycles. The van der Waals surface area contributed by atoms with Crippen molar-refractivity contribution in [2.45, 2.75) is 70.4 Å². The Hall–Kier alpha value is -2.98. The van der Waals surface area contributed by atoms with Gasteiger partial charge in [0.2, 0.25) is 15.9 Å². The van der Waals surface area contributed by atoms with Gasteiger partial charge in [0, 0.05) is 24.8 Å². The Balaban J connectivity index is 1.58. The summed E-state index contributed by atoms with van der Waals surface area (Å²) < 4.78 is 28.4. The molecule has 0 aliphatic carbocycles. The van der Waals surface area contributed by atoms with E-state index in [4.69, 9.17) is 5.73 Å². The van der Waals surface area contributed by atoms with E-state index in [1.54, 1.807) is 12.1 Å². The molecule has 0 aromatic heterocycles. The van der Waals surface area contributed by atoms with Crippen LogP contribution in [-0.4, -0.2) is 62.1 Å². The monoisotopic (exact) mass is 596 g/mol. The van der Waals surface area contributed by atoms with E-state index in [0.29, 0.717) is 50.4 Å². The maximum absolute atomic E-state index is 13.5. The molecule has 1 amide bonds. The number of unbranched alkanes of at least 4 members (excludes halogenated alkanes) is 1. The number of hydrogen-bond donors (Lipinski definition) is 4. The number of amides is 1. The van der Waals surface area contributed by atoms with Crippen LogP contribution in [0, 0.1) is 11.8 Å². The molecule has 0 bridgehead atoms. The van der Waals surface area contributed by atoms with Crippen LogP contribution in [-0.2, 0) is 21.2 Å². The van der Waals surface area contributed by atoms with E-state index in [9.17, 15) is 18.3 Å². The van der Waals surface area contributed by atoms with Crippen molar-refractivity contribution in [3.05, 3.63) is 72.3 Å². The highest BCUT2D eigenvalue weighted by Crippen LogP contribution is 2.23. The molecule has 0 aliphatic rings. The van der Waals surface area contributed by atoms with Crippen molar-refractivity contribution in [2.75, 3.05) is 32.0 Å². The van der Waals surface area contributed by atoms with E-state index < -0.39 is 16.1 Å². The molecular weight excluding hydrogens is 548 g/mol. The van der Waals surface area contributed by atoms with Gasteiger partial charge < -0.3 is 21.5 Å². The van der Waals surface area contributed by atoms with Gasteiger partial charge in [-0.05, 0) is 78.2 Å². The maximum atomic E-state index is 13.5. The molecule has 0 heterocycles. The number of rotatable bonds is 17. The number of carbonyl (C=O) groups is 1. The second-order valence-electron chi connectivity index (χ2n) is 11.9. The van der Waals surface area contributed by atoms with E-state index in [2.05, 4.69) is 54.8 Å². The Kier molecular flexibility index (Phi) is 12.8. The van der Waals surface area contributed by atoms with Crippen molar-refractivity contribution in [2.24, 2.45) is 11.8 Å². The second kappa shape index (κ2) is 16.0. The zero-order chi connectivity index (χ0) is 30.7. The maximum Gasteiger partial charge on any atom is 0.243 e. The summed E-state index contributed by atoms with van der Waals surface area (Å²) in [6.45, 7) is 9.37. The molecule has 0 radical (unpaired) electrons. The van der Waals surface area contributed by atoms with E-state index in [-0.39, 0.29) is 29.4 Å². The second-order valence-corrected chi connectivity index (χ2v) is 13.8. The highest BCUT2D eigenvalue weighted by atomic mass is 32.2. The van der Waals surface area contributed by atoms with Crippen LogP contribution in [0.2, 0.25) is 0 Å². The lowest BCUT2D eigenvalue weighted by Gasteiger charge is -2.31. The average molecular weight is 597 g/mol. The molecule has 3 aromatic carbocycles. The minimum absolute atomic E-state index is 0.0464. The summed E-state index contributed by atoms with van der Waals surface area (Å²) >= 11 is 0. The van der Waals surface area contributed by atoms with Crippen molar-refractivity contribution in [3.8, 4) is 0 Å². The Morgan fingerprint density at radius 3 is 2.26 bits per heavy atom. The summed E-state index contributed by atoms with van der Waals surface area (Å²) in [5.41, 5.74) is 7.34. The third-order valence-electron chi connectivity index (χ3n) is 7.26. The average Bonchev–Trinajstić information content (AvgIpc) is 2.96. The fraction of sp³-hybridized carbons (Fsp3) is 0.485.